The lowest BCUT2D eigenvalue weighted by Crippen LogP contribution is -2.49. The van der Waals surface area contributed by atoms with Crippen LogP contribution in [-0.2, 0) is 9.53 Å². The molecule has 2 N–H and O–H groups in total. The molecule has 10 nitrogen and oxygen atoms in total. The molecule has 2 fully saturated rings. The smallest absolute Gasteiger partial charge is 0.337 e. The van der Waals surface area contributed by atoms with Gasteiger partial charge in [-0.15, -0.1) is 0 Å². The highest BCUT2D eigenvalue weighted by Gasteiger charge is 2.22. The predicted molar refractivity (Wildman–Crippen MR) is 134 cm³/mol. The van der Waals surface area contributed by atoms with Crippen molar-refractivity contribution in [2.45, 2.75) is 19.3 Å². The van der Waals surface area contributed by atoms with Crippen LogP contribution in [0.15, 0.2) is 42.6 Å². The van der Waals surface area contributed by atoms with Gasteiger partial charge in [0.2, 0.25) is 5.91 Å². The fraction of sp³-hybridized carbons (Fsp3) is 0.440. The molecule has 3 heterocycles. The van der Waals surface area contributed by atoms with Crippen LogP contribution in [0.25, 0.3) is 0 Å². The minimum atomic E-state index is -0.463. The van der Waals surface area contributed by atoms with Crippen molar-refractivity contribution < 1.29 is 19.1 Å². The number of urea groups is 1. The molecule has 2 aliphatic rings. The highest BCUT2D eigenvalue weighted by molar-refractivity contribution is 5.97. The zero-order valence-corrected chi connectivity index (χ0v) is 20.0. The van der Waals surface area contributed by atoms with Crippen LogP contribution in [0.4, 0.5) is 22.0 Å². The highest BCUT2D eigenvalue weighted by atomic mass is 16.5. The summed E-state index contributed by atoms with van der Waals surface area (Å²) in [6, 6.07) is 10.6. The molecule has 186 valence electrons. The van der Waals surface area contributed by atoms with E-state index in [-0.39, 0.29) is 18.9 Å². The van der Waals surface area contributed by atoms with Crippen molar-refractivity contribution >= 4 is 35.1 Å². The Labute approximate surface area is 205 Å². The number of esters is 1. The van der Waals surface area contributed by atoms with E-state index in [2.05, 4.69) is 25.4 Å². The first-order valence-corrected chi connectivity index (χ1v) is 12.0. The molecule has 35 heavy (non-hydrogen) atoms. The van der Waals surface area contributed by atoms with Crippen LogP contribution in [0.1, 0.15) is 29.6 Å². The van der Waals surface area contributed by atoms with Gasteiger partial charge in [0.15, 0.2) is 0 Å². The fourth-order valence-electron chi connectivity index (χ4n) is 4.45. The van der Waals surface area contributed by atoms with E-state index in [0.29, 0.717) is 24.3 Å². The third kappa shape index (κ3) is 6.20. The van der Waals surface area contributed by atoms with E-state index in [4.69, 9.17) is 4.74 Å². The summed E-state index contributed by atoms with van der Waals surface area (Å²) in [5.41, 5.74) is 1.78. The topological polar surface area (TPSA) is 107 Å². The number of ether oxygens (including phenoxy) is 1. The monoisotopic (exact) mass is 480 g/mol. The Morgan fingerprint density at radius 1 is 0.971 bits per heavy atom. The number of hydrogen-bond donors (Lipinski definition) is 2. The van der Waals surface area contributed by atoms with Crippen LogP contribution >= 0.6 is 0 Å². The van der Waals surface area contributed by atoms with Crippen molar-refractivity contribution in [1.29, 1.82) is 0 Å². The van der Waals surface area contributed by atoms with Gasteiger partial charge in [0.05, 0.1) is 24.0 Å². The van der Waals surface area contributed by atoms with Gasteiger partial charge in [-0.3, -0.25) is 4.79 Å². The minimum absolute atomic E-state index is 0.0106. The van der Waals surface area contributed by atoms with Gasteiger partial charge < -0.3 is 30.1 Å². The van der Waals surface area contributed by atoms with E-state index in [1.807, 2.05) is 29.2 Å². The Morgan fingerprint density at radius 3 is 2.43 bits per heavy atom. The van der Waals surface area contributed by atoms with E-state index in [0.717, 1.165) is 50.5 Å². The van der Waals surface area contributed by atoms with Gasteiger partial charge in [-0.2, -0.15) is 0 Å². The second kappa shape index (κ2) is 11.5. The molecule has 3 amide bonds. The first kappa shape index (κ1) is 24.3. The highest BCUT2D eigenvalue weighted by Crippen LogP contribution is 2.30. The Morgan fingerprint density at radius 2 is 1.74 bits per heavy atom. The number of piperazine rings is 1. The van der Waals surface area contributed by atoms with Crippen molar-refractivity contribution in [1.82, 2.24) is 15.2 Å². The molecule has 0 radical (unpaired) electrons. The van der Waals surface area contributed by atoms with Gasteiger partial charge >= 0.3 is 12.0 Å². The number of amides is 3. The summed E-state index contributed by atoms with van der Waals surface area (Å²) in [4.78, 5) is 47.7. The van der Waals surface area contributed by atoms with Crippen LogP contribution in [0.2, 0.25) is 0 Å². The minimum Gasteiger partial charge on any atom is -0.465 e. The zero-order chi connectivity index (χ0) is 24.6. The maximum absolute atomic E-state index is 12.6. The lowest BCUT2D eigenvalue weighted by molar-refractivity contribution is -0.131. The van der Waals surface area contributed by atoms with Crippen LogP contribution in [0.5, 0.6) is 0 Å². The quantitative estimate of drug-likeness (QED) is 0.586. The first-order chi connectivity index (χ1) is 17.0. The Hall–Kier alpha value is -3.82. The third-order valence-corrected chi connectivity index (χ3v) is 6.34. The van der Waals surface area contributed by atoms with Gasteiger partial charge in [0.1, 0.15) is 5.82 Å². The molecule has 10 heteroatoms. The zero-order valence-electron chi connectivity index (χ0n) is 20.0. The van der Waals surface area contributed by atoms with Crippen molar-refractivity contribution in [2.75, 3.05) is 68.0 Å². The van der Waals surface area contributed by atoms with E-state index in [1.165, 1.54) is 7.11 Å². The number of aromatic nitrogens is 1. The van der Waals surface area contributed by atoms with Gasteiger partial charge in [-0.05, 0) is 43.2 Å². The SMILES string of the molecule is COC(=O)c1ccc(N2CCCC2)c(NC(=O)NCCC(=O)N2CCN(c3ccccn3)CC2)c1. The molecule has 0 aliphatic carbocycles. The molecule has 4 rings (SSSR count). The molecule has 2 aliphatic heterocycles. The number of nitrogens with one attached hydrogen (secondary N) is 2. The molecule has 2 saturated heterocycles. The van der Waals surface area contributed by atoms with Gasteiger partial charge in [-0.25, -0.2) is 14.6 Å². The first-order valence-electron chi connectivity index (χ1n) is 12.0. The molecule has 0 unspecified atom stereocenters. The predicted octanol–water partition coefficient (Wildman–Crippen LogP) is 2.33. The molecule has 0 spiro atoms. The van der Waals surface area contributed by atoms with Crippen molar-refractivity contribution in [3.8, 4) is 0 Å². The van der Waals surface area contributed by atoms with Crippen LogP contribution in [-0.4, -0.2) is 80.7 Å². The molecular weight excluding hydrogens is 448 g/mol. The Bertz CT molecular complexity index is 1030. The summed E-state index contributed by atoms with van der Waals surface area (Å²) in [6.07, 6.45) is 4.16. The number of methoxy groups -OCH3 is 1. The number of carbonyl (C=O) groups is 3. The summed E-state index contributed by atoms with van der Waals surface area (Å²) >= 11 is 0. The van der Waals surface area contributed by atoms with Crippen molar-refractivity contribution in [3.05, 3.63) is 48.2 Å². The van der Waals surface area contributed by atoms with Gasteiger partial charge in [0.25, 0.3) is 0 Å². The molecule has 0 bridgehead atoms. The largest absolute Gasteiger partial charge is 0.465 e. The molecule has 2 aromatic rings. The van der Waals surface area contributed by atoms with Crippen LogP contribution in [0.3, 0.4) is 0 Å². The average molecular weight is 481 g/mol. The number of rotatable bonds is 7. The fourth-order valence-corrected chi connectivity index (χ4v) is 4.45. The second-order valence-electron chi connectivity index (χ2n) is 8.60. The Kier molecular flexibility index (Phi) is 8.02. The van der Waals surface area contributed by atoms with Gasteiger partial charge in [0, 0.05) is 58.4 Å². The van der Waals surface area contributed by atoms with E-state index in [9.17, 15) is 14.4 Å². The number of pyridine rings is 1. The van der Waals surface area contributed by atoms with E-state index < -0.39 is 12.0 Å². The summed E-state index contributed by atoms with van der Waals surface area (Å²) < 4.78 is 4.81. The second-order valence-corrected chi connectivity index (χ2v) is 8.60. The standard InChI is InChI=1S/C25H32N6O4/c1-35-24(33)19-7-8-21(29-12-4-5-13-29)20(18-19)28-25(34)27-11-9-23(32)31-16-14-30(15-17-31)22-6-2-3-10-26-22/h2-3,6-8,10,18H,4-5,9,11-17H2,1H3,(H2,27,28,34). The molecule has 0 atom stereocenters. The van der Waals surface area contributed by atoms with E-state index in [1.54, 1.807) is 18.3 Å². The Balaban J connectivity index is 1.27. The molecule has 0 saturated carbocycles. The van der Waals surface area contributed by atoms with Crippen LogP contribution in [0, 0.1) is 0 Å². The molecular formula is C25H32N6O4. The van der Waals surface area contributed by atoms with Crippen molar-refractivity contribution in [3.63, 3.8) is 0 Å². The maximum atomic E-state index is 12.6. The van der Waals surface area contributed by atoms with Crippen LogP contribution < -0.4 is 20.4 Å². The van der Waals surface area contributed by atoms with Crippen molar-refractivity contribution in [2.24, 2.45) is 0 Å². The summed E-state index contributed by atoms with van der Waals surface area (Å²) in [5.74, 6) is 0.467. The van der Waals surface area contributed by atoms with Gasteiger partial charge in [-0.1, -0.05) is 6.07 Å². The summed E-state index contributed by atoms with van der Waals surface area (Å²) in [5, 5.41) is 5.61. The molecule has 1 aromatic carbocycles. The number of nitrogens with zero attached hydrogens (tertiary/aromatic N) is 4. The third-order valence-electron chi connectivity index (χ3n) is 6.34. The average Bonchev–Trinajstić information content (AvgIpc) is 3.43. The number of anilines is 3. The summed E-state index contributed by atoms with van der Waals surface area (Å²) in [6.45, 7) is 4.73. The lowest BCUT2D eigenvalue weighted by Gasteiger charge is -2.35. The molecule has 1 aromatic heterocycles. The summed E-state index contributed by atoms with van der Waals surface area (Å²) in [7, 11) is 1.33. The number of hydrogen-bond acceptors (Lipinski definition) is 7. The number of benzene rings is 1. The normalized spacial score (nSPS) is 15.6. The number of carbonyl (C=O) groups excluding carboxylic acids is 3. The van der Waals surface area contributed by atoms with E-state index >= 15 is 0 Å². The maximum Gasteiger partial charge on any atom is 0.337 e. The lowest BCUT2D eigenvalue weighted by atomic mass is 10.1.